The summed E-state index contributed by atoms with van der Waals surface area (Å²) < 4.78 is 0.713. The van der Waals surface area contributed by atoms with Gasteiger partial charge in [-0.15, -0.1) is 0 Å². The second-order valence-electron chi connectivity index (χ2n) is 7.85. The van der Waals surface area contributed by atoms with E-state index in [9.17, 15) is 15.1 Å². The van der Waals surface area contributed by atoms with Crippen LogP contribution in [0.2, 0.25) is 0 Å². The highest BCUT2D eigenvalue weighted by molar-refractivity contribution is 5.67. The van der Waals surface area contributed by atoms with Crippen LogP contribution in [-0.2, 0) is 17.6 Å². The monoisotopic (exact) mass is 398 g/mol. The molecule has 0 amide bonds. The SMILES string of the molecule is Cc1ncc(C(CCCCCCc2ccc3c(n2)NCCC3)CC(=O)O)c[n+]1[O-]. The second kappa shape index (κ2) is 10.2. The number of nitrogens with zero attached hydrogens (tertiary/aromatic N) is 3. The van der Waals surface area contributed by atoms with Gasteiger partial charge >= 0.3 is 5.97 Å². The lowest BCUT2D eigenvalue weighted by molar-refractivity contribution is -0.616. The Hall–Kier alpha value is -2.70. The summed E-state index contributed by atoms with van der Waals surface area (Å²) in [6.45, 7) is 2.64. The fraction of sp³-hybridized carbons (Fsp3) is 0.545. The van der Waals surface area contributed by atoms with E-state index in [1.807, 2.05) is 0 Å². The minimum Gasteiger partial charge on any atom is -0.711 e. The zero-order valence-electron chi connectivity index (χ0n) is 17.1. The van der Waals surface area contributed by atoms with Crippen LogP contribution in [0.5, 0.6) is 0 Å². The van der Waals surface area contributed by atoms with E-state index < -0.39 is 5.97 Å². The van der Waals surface area contributed by atoms with Crippen molar-refractivity contribution in [3.05, 3.63) is 52.4 Å². The van der Waals surface area contributed by atoms with E-state index in [4.69, 9.17) is 4.98 Å². The number of nitrogens with one attached hydrogen (secondary N) is 1. The van der Waals surface area contributed by atoms with Gasteiger partial charge in [0.1, 0.15) is 18.2 Å². The lowest BCUT2D eigenvalue weighted by Gasteiger charge is -2.17. The molecule has 0 aliphatic carbocycles. The topological polar surface area (TPSA) is 102 Å². The standard InChI is InChI=1S/C22H30N4O3/c1-16-24-14-19(15-26(16)29)18(13-21(27)28)7-4-2-3-5-9-20-11-10-17-8-6-12-23-22(17)25-20/h10-11,14-15,18H,2-9,12-13H2,1H3,(H,23,25)(H,27,28). The van der Waals surface area contributed by atoms with E-state index >= 15 is 0 Å². The molecule has 0 saturated heterocycles. The molecule has 1 aliphatic heterocycles. The maximum atomic E-state index is 11.8. The average molecular weight is 399 g/mol. The molecular weight excluding hydrogens is 368 g/mol. The number of carboxylic acids is 1. The molecule has 2 aromatic rings. The fourth-order valence-corrected chi connectivity index (χ4v) is 3.85. The lowest BCUT2D eigenvalue weighted by atomic mass is 9.92. The van der Waals surface area contributed by atoms with Crippen LogP contribution in [0.4, 0.5) is 5.82 Å². The number of hydrogen-bond donors (Lipinski definition) is 2. The highest BCUT2D eigenvalue weighted by Gasteiger charge is 2.19. The zero-order valence-corrected chi connectivity index (χ0v) is 17.1. The van der Waals surface area contributed by atoms with E-state index in [0.29, 0.717) is 16.1 Å². The van der Waals surface area contributed by atoms with E-state index in [-0.39, 0.29) is 12.3 Å². The van der Waals surface area contributed by atoms with Gasteiger partial charge in [-0.25, -0.2) is 9.71 Å². The second-order valence-corrected chi connectivity index (χ2v) is 7.85. The third kappa shape index (κ3) is 6.14. The molecule has 0 spiro atoms. The predicted octanol–water partition coefficient (Wildman–Crippen LogP) is 3.53. The van der Waals surface area contributed by atoms with Crippen LogP contribution in [0.15, 0.2) is 24.5 Å². The lowest BCUT2D eigenvalue weighted by Crippen LogP contribution is -2.32. The van der Waals surface area contributed by atoms with Crippen molar-refractivity contribution in [1.29, 1.82) is 0 Å². The van der Waals surface area contributed by atoms with Crippen LogP contribution < -0.4 is 10.0 Å². The van der Waals surface area contributed by atoms with Gasteiger partial charge in [-0.05, 0) is 43.7 Å². The normalized spacial score (nSPS) is 14.1. The maximum Gasteiger partial charge on any atom is 0.303 e. The molecular formula is C22H30N4O3. The Kier molecular flexibility index (Phi) is 7.38. The third-order valence-electron chi connectivity index (χ3n) is 5.57. The Balaban J connectivity index is 1.43. The Labute approximate surface area is 171 Å². The summed E-state index contributed by atoms with van der Waals surface area (Å²) in [4.78, 5) is 20.0. The molecule has 1 unspecified atom stereocenters. The maximum absolute atomic E-state index is 11.8. The number of hydrogen-bond acceptors (Lipinski definition) is 5. The molecule has 0 saturated carbocycles. The predicted molar refractivity (Wildman–Crippen MR) is 111 cm³/mol. The number of aliphatic carboxylic acids is 1. The first-order valence-electron chi connectivity index (χ1n) is 10.5. The van der Waals surface area contributed by atoms with Crippen LogP contribution in [0.25, 0.3) is 0 Å². The van der Waals surface area contributed by atoms with Crippen molar-refractivity contribution in [2.24, 2.45) is 0 Å². The molecule has 1 atom stereocenters. The average Bonchev–Trinajstić information content (AvgIpc) is 2.71. The number of aromatic nitrogens is 3. The molecule has 7 nitrogen and oxygen atoms in total. The molecule has 29 heavy (non-hydrogen) atoms. The van der Waals surface area contributed by atoms with E-state index in [1.165, 1.54) is 18.2 Å². The van der Waals surface area contributed by atoms with Crippen molar-refractivity contribution < 1.29 is 14.6 Å². The van der Waals surface area contributed by atoms with Gasteiger partial charge in [-0.3, -0.25) is 4.79 Å². The van der Waals surface area contributed by atoms with Crippen LogP contribution >= 0.6 is 0 Å². The Bertz CT molecular complexity index is 841. The smallest absolute Gasteiger partial charge is 0.303 e. The van der Waals surface area contributed by atoms with Gasteiger partial charge in [-0.1, -0.05) is 30.3 Å². The van der Waals surface area contributed by atoms with Gasteiger partial charge in [-0.2, -0.15) is 0 Å². The van der Waals surface area contributed by atoms with Crippen molar-refractivity contribution in [3.63, 3.8) is 0 Å². The third-order valence-corrected chi connectivity index (χ3v) is 5.57. The van der Waals surface area contributed by atoms with Gasteiger partial charge in [0.25, 0.3) is 5.82 Å². The number of carbonyl (C=O) groups is 1. The van der Waals surface area contributed by atoms with E-state index in [2.05, 4.69) is 22.4 Å². The highest BCUT2D eigenvalue weighted by atomic mass is 16.5. The van der Waals surface area contributed by atoms with Gasteiger partial charge in [0.15, 0.2) is 0 Å². The largest absolute Gasteiger partial charge is 0.711 e. The van der Waals surface area contributed by atoms with Gasteiger partial charge in [0.2, 0.25) is 0 Å². The van der Waals surface area contributed by atoms with Crippen molar-refractivity contribution >= 4 is 11.8 Å². The molecule has 156 valence electrons. The molecule has 3 heterocycles. The first-order chi connectivity index (χ1) is 14.0. The Morgan fingerprint density at radius 3 is 2.93 bits per heavy atom. The molecule has 0 bridgehead atoms. The minimum absolute atomic E-state index is 0.0246. The summed E-state index contributed by atoms with van der Waals surface area (Å²) >= 11 is 0. The van der Waals surface area contributed by atoms with E-state index in [0.717, 1.165) is 63.0 Å². The number of rotatable bonds is 10. The Morgan fingerprint density at radius 1 is 1.31 bits per heavy atom. The zero-order chi connectivity index (χ0) is 20.6. The fourth-order valence-electron chi connectivity index (χ4n) is 3.85. The summed E-state index contributed by atoms with van der Waals surface area (Å²) in [7, 11) is 0. The quantitative estimate of drug-likeness (QED) is 0.361. The number of pyridine rings is 1. The molecule has 2 N–H and O–H groups in total. The van der Waals surface area contributed by atoms with Crippen molar-refractivity contribution in [2.45, 2.75) is 70.6 Å². The van der Waals surface area contributed by atoms with Crippen molar-refractivity contribution in [1.82, 2.24) is 9.97 Å². The Morgan fingerprint density at radius 2 is 2.14 bits per heavy atom. The first-order valence-corrected chi connectivity index (χ1v) is 10.5. The number of fused-ring (bicyclic) bond motifs is 1. The van der Waals surface area contributed by atoms with Crippen molar-refractivity contribution in [2.75, 3.05) is 11.9 Å². The van der Waals surface area contributed by atoms with Crippen LogP contribution in [0, 0.1) is 12.1 Å². The minimum atomic E-state index is -0.847. The summed E-state index contributed by atoms with van der Waals surface area (Å²) in [6, 6.07) is 4.33. The number of aryl methyl sites for hydroxylation is 3. The van der Waals surface area contributed by atoms with Gasteiger partial charge in [0, 0.05) is 30.6 Å². The molecule has 7 heteroatoms. The first kappa shape index (κ1) is 21.0. The van der Waals surface area contributed by atoms with Gasteiger partial charge in [0.05, 0.1) is 6.42 Å². The van der Waals surface area contributed by atoms with Crippen molar-refractivity contribution in [3.8, 4) is 0 Å². The molecule has 3 rings (SSSR count). The molecule has 0 aromatic carbocycles. The molecule has 0 fully saturated rings. The molecule has 0 radical (unpaired) electrons. The summed E-state index contributed by atoms with van der Waals surface area (Å²) in [5.41, 5.74) is 3.15. The summed E-state index contributed by atoms with van der Waals surface area (Å²) in [5, 5.41) is 24.3. The summed E-state index contributed by atoms with van der Waals surface area (Å²) in [5.74, 6) is 0.399. The van der Waals surface area contributed by atoms with Gasteiger partial charge < -0.3 is 15.6 Å². The number of carboxylic acid groups (broad SMARTS) is 1. The van der Waals surface area contributed by atoms with Crippen LogP contribution in [0.1, 0.15) is 73.5 Å². The number of anilines is 1. The molecule has 1 aliphatic rings. The summed E-state index contributed by atoms with van der Waals surface area (Å²) in [6.07, 6.45) is 11.2. The van der Waals surface area contributed by atoms with Crippen LogP contribution in [-0.4, -0.2) is 27.6 Å². The number of unbranched alkanes of at least 4 members (excludes halogenated alkanes) is 3. The molecule has 2 aromatic heterocycles. The van der Waals surface area contributed by atoms with E-state index in [1.54, 1.807) is 13.1 Å². The van der Waals surface area contributed by atoms with Crippen LogP contribution in [0.3, 0.4) is 0 Å². The highest BCUT2D eigenvalue weighted by Crippen LogP contribution is 2.25.